The van der Waals surface area contributed by atoms with Crippen molar-refractivity contribution in [2.45, 2.75) is 36.8 Å². The van der Waals surface area contributed by atoms with Gasteiger partial charge in [-0.3, -0.25) is 14.0 Å². The fraction of sp³-hybridized carbons (Fsp3) is 1.00. The molecule has 0 spiro atoms. The van der Waals surface area contributed by atoms with Crippen molar-refractivity contribution < 1.29 is 33.4 Å². The van der Waals surface area contributed by atoms with Crippen molar-refractivity contribution in [2.75, 3.05) is 26.0 Å². The minimum Gasteiger partial charge on any atom is -0.380 e. The van der Waals surface area contributed by atoms with Gasteiger partial charge in [0.2, 0.25) is 5.02 Å². The predicted octanol–water partition coefficient (Wildman–Crippen LogP) is 0.816. The Bertz CT molecular complexity index is 415. The second kappa shape index (κ2) is 7.43. The summed E-state index contributed by atoms with van der Waals surface area (Å²) in [5.41, 5.74) is 0. The molecule has 126 valence electrons. The molecule has 11 heteroatoms. The van der Waals surface area contributed by atoms with Crippen molar-refractivity contribution in [3.63, 3.8) is 0 Å². The molecule has 0 aromatic rings. The Hall–Kier alpha value is 0.570. The van der Waals surface area contributed by atoms with E-state index >= 15 is 0 Å². The molecule has 1 unspecified atom stereocenters. The number of ether oxygens (including phenoxy) is 1. The minimum atomic E-state index is -5.05. The van der Waals surface area contributed by atoms with E-state index in [2.05, 4.69) is 12.6 Å². The van der Waals surface area contributed by atoms with Gasteiger partial charge < -0.3 is 24.3 Å². The van der Waals surface area contributed by atoms with Gasteiger partial charge in [0, 0.05) is 20.2 Å². The van der Waals surface area contributed by atoms with Crippen LogP contribution >= 0.6 is 27.8 Å². The van der Waals surface area contributed by atoms with E-state index in [9.17, 15) is 28.7 Å². The summed E-state index contributed by atoms with van der Waals surface area (Å²) in [5, 5.41) is -2.44. The molecule has 1 atom stereocenters. The highest BCUT2D eigenvalue weighted by atomic mass is 32.1. The van der Waals surface area contributed by atoms with Crippen LogP contribution in [0.2, 0.25) is 0 Å². The Morgan fingerprint density at radius 3 is 2.24 bits per heavy atom. The summed E-state index contributed by atoms with van der Waals surface area (Å²) in [6.45, 7) is 0.260. The number of hydrogen-bond donors (Lipinski definition) is 5. The Morgan fingerprint density at radius 2 is 1.81 bits per heavy atom. The second-order valence-electron chi connectivity index (χ2n) is 5.14. The first kappa shape index (κ1) is 19.6. The van der Waals surface area contributed by atoms with E-state index in [0.717, 1.165) is 0 Å². The Labute approximate surface area is 129 Å². The lowest BCUT2D eigenvalue weighted by molar-refractivity contribution is 0.0296. The van der Waals surface area contributed by atoms with Gasteiger partial charge in [-0.1, -0.05) is 0 Å². The summed E-state index contributed by atoms with van der Waals surface area (Å²) in [7, 11) is -8.64. The lowest BCUT2D eigenvalue weighted by Gasteiger charge is -2.47. The molecule has 1 fully saturated rings. The molecule has 0 saturated carbocycles. The van der Waals surface area contributed by atoms with Gasteiger partial charge in [0.05, 0.1) is 6.10 Å². The molecule has 0 radical (unpaired) electrons. The fourth-order valence-corrected chi connectivity index (χ4v) is 6.39. The average Bonchev–Trinajstić information content (AvgIpc) is 2.36. The van der Waals surface area contributed by atoms with Gasteiger partial charge >= 0.3 is 15.2 Å². The maximum Gasteiger partial charge on any atom is 0.358 e. The maximum atomic E-state index is 11.9. The zero-order valence-electron chi connectivity index (χ0n) is 11.8. The lowest BCUT2D eigenvalue weighted by Crippen LogP contribution is -2.53. The number of methoxy groups -OCH3 is 1. The quantitative estimate of drug-likeness (QED) is 0.332. The van der Waals surface area contributed by atoms with Crippen LogP contribution in [0.15, 0.2) is 0 Å². The predicted molar refractivity (Wildman–Crippen MR) is 81.5 cm³/mol. The zero-order chi connectivity index (χ0) is 16.3. The van der Waals surface area contributed by atoms with Crippen LogP contribution in [0, 0.1) is 0 Å². The van der Waals surface area contributed by atoms with Crippen LogP contribution in [-0.4, -0.2) is 61.6 Å². The van der Waals surface area contributed by atoms with E-state index in [4.69, 9.17) is 4.74 Å². The van der Waals surface area contributed by atoms with Crippen molar-refractivity contribution in [1.29, 1.82) is 0 Å². The number of rotatable bonds is 7. The van der Waals surface area contributed by atoms with E-state index < -0.39 is 26.3 Å². The summed E-state index contributed by atoms with van der Waals surface area (Å²) < 4.78 is 29.0. The SMILES string of the molecule is COC(CCS)CN1CCCCC1(P(=O)(O)O)P(=O)(O)O. The molecule has 1 aliphatic rings. The van der Waals surface area contributed by atoms with Crippen molar-refractivity contribution in [3.05, 3.63) is 0 Å². The van der Waals surface area contributed by atoms with Crippen LogP contribution in [0.25, 0.3) is 0 Å². The third kappa shape index (κ3) is 4.10. The van der Waals surface area contributed by atoms with E-state index in [0.29, 0.717) is 25.0 Å². The third-order valence-electron chi connectivity index (χ3n) is 3.84. The highest BCUT2D eigenvalue weighted by Gasteiger charge is 2.64. The smallest absolute Gasteiger partial charge is 0.358 e. The Balaban J connectivity index is 3.18. The molecule has 1 rings (SSSR count). The molecule has 1 saturated heterocycles. The maximum absolute atomic E-state index is 11.9. The number of likely N-dealkylation sites (tertiary alicyclic amines) is 1. The summed E-state index contributed by atoms with van der Waals surface area (Å²) in [4.78, 5) is 39.8. The van der Waals surface area contributed by atoms with Crippen LogP contribution in [0.5, 0.6) is 0 Å². The first-order chi connectivity index (χ1) is 9.60. The Morgan fingerprint density at radius 1 is 1.24 bits per heavy atom. The van der Waals surface area contributed by atoms with Gasteiger partial charge in [-0.05, 0) is 31.4 Å². The van der Waals surface area contributed by atoms with E-state index in [-0.39, 0.29) is 19.5 Å². The zero-order valence-corrected chi connectivity index (χ0v) is 14.5. The van der Waals surface area contributed by atoms with Gasteiger partial charge in [-0.2, -0.15) is 12.6 Å². The normalized spacial score (nSPS) is 22.2. The van der Waals surface area contributed by atoms with Crippen molar-refractivity contribution >= 4 is 27.8 Å². The largest absolute Gasteiger partial charge is 0.380 e. The summed E-state index contributed by atoms with van der Waals surface area (Å²) in [5.74, 6) is 0.505. The van der Waals surface area contributed by atoms with E-state index in [1.165, 1.54) is 12.0 Å². The Kier molecular flexibility index (Phi) is 6.94. The van der Waals surface area contributed by atoms with Crippen LogP contribution < -0.4 is 0 Å². The van der Waals surface area contributed by atoms with Gasteiger partial charge in [-0.25, -0.2) is 0 Å². The molecule has 1 aliphatic heterocycles. The van der Waals surface area contributed by atoms with Crippen LogP contribution in [0.1, 0.15) is 25.7 Å². The molecule has 1 heterocycles. The summed E-state index contributed by atoms with van der Waals surface area (Å²) >= 11 is 4.08. The lowest BCUT2D eigenvalue weighted by atomic mass is 10.1. The average molecular weight is 363 g/mol. The molecule has 0 amide bonds. The van der Waals surface area contributed by atoms with Crippen LogP contribution in [0.4, 0.5) is 0 Å². The van der Waals surface area contributed by atoms with Gasteiger partial charge in [0.1, 0.15) is 0 Å². The molecular formula is C10H23NO7P2S. The molecular weight excluding hydrogens is 340 g/mol. The topological polar surface area (TPSA) is 128 Å². The van der Waals surface area contributed by atoms with Crippen molar-refractivity contribution in [2.24, 2.45) is 0 Å². The standard InChI is InChI=1S/C10H23NO7P2S/c1-18-9(4-7-21)8-11-6-3-2-5-10(11,19(12,13)14)20(15,16)17/h9,21H,2-8H2,1H3,(H2,12,13,14)(H2,15,16,17). The van der Waals surface area contributed by atoms with E-state index in [1.807, 2.05) is 0 Å². The highest BCUT2D eigenvalue weighted by molar-refractivity contribution is 7.80. The van der Waals surface area contributed by atoms with Gasteiger partial charge in [0.25, 0.3) is 0 Å². The molecule has 8 nitrogen and oxygen atoms in total. The van der Waals surface area contributed by atoms with Gasteiger partial charge in [-0.15, -0.1) is 0 Å². The molecule has 0 bridgehead atoms. The first-order valence-electron chi connectivity index (χ1n) is 6.60. The number of hydrogen-bond acceptors (Lipinski definition) is 5. The third-order valence-corrected chi connectivity index (χ3v) is 8.54. The molecule has 0 aliphatic carbocycles. The summed E-state index contributed by atoms with van der Waals surface area (Å²) in [6.07, 6.45) is 0.877. The van der Waals surface area contributed by atoms with Crippen molar-refractivity contribution in [1.82, 2.24) is 4.90 Å². The highest BCUT2D eigenvalue weighted by Crippen LogP contribution is 2.73. The van der Waals surface area contributed by atoms with Crippen LogP contribution in [0.3, 0.4) is 0 Å². The molecule has 4 N–H and O–H groups in total. The number of nitrogens with zero attached hydrogens (tertiary/aromatic N) is 1. The van der Waals surface area contributed by atoms with Crippen molar-refractivity contribution in [3.8, 4) is 0 Å². The molecule has 0 aromatic heterocycles. The second-order valence-corrected chi connectivity index (χ2v) is 9.59. The minimum absolute atomic E-state index is 0.0489. The monoisotopic (exact) mass is 363 g/mol. The fourth-order valence-electron chi connectivity index (χ4n) is 2.74. The van der Waals surface area contributed by atoms with Gasteiger partial charge in [0.15, 0.2) is 0 Å². The number of piperidine rings is 1. The number of thiol groups is 1. The van der Waals surface area contributed by atoms with Crippen LogP contribution in [-0.2, 0) is 13.9 Å². The molecule has 0 aromatic carbocycles. The molecule has 21 heavy (non-hydrogen) atoms. The first-order valence-corrected chi connectivity index (χ1v) is 10.5. The summed E-state index contributed by atoms with van der Waals surface area (Å²) in [6, 6.07) is 0. The van der Waals surface area contributed by atoms with E-state index in [1.54, 1.807) is 0 Å².